The summed E-state index contributed by atoms with van der Waals surface area (Å²) in [4.78, 5) is 15.5. The molecule has 0 atom stereocenters. The molecule has 3 rings (SSSR count). The average Bonchev–Trinajstić information content (AvgIpc) is 2.57. The zero-order valence-corrected chi connectivity index (χ0v) is 14.3. The second-order valence-electron chi connectivity index (χ2n) is 5.61. The molecule has 0 aromatic heterocycles. The largest absolute Gasteiger partial charge is 0.486 e. The third-order valence-corrected chi connectivity index (χ3v) is 4.92. The Bertz CT molecular complexity index is 695. The fraction of sp³-hybridized carbons (Fsp3) is 0.316. The molecule has 0 N–H and O–H groups in total. The van der Waals surface area contributed by atoms with Crippen molar-refractivity contribution in [2.75, 3.05) is 19.3 Å². The third-order valence-electron chi connectivity index (χ3n) is 4.12. The highest BCUT2D eigenvalue weighted by Crippen LogP contribution is 2.26. The van der Waals surface area contributed by atoms with Crippen LogP contribution in [0.4, 0.5) is 0 Å². The van der Waals surface area contributed by atoms with Gasteiger partial charge in [-0.25, -0.2) is 0 Å². The summed E-state index contributed by atoms with van der Waals surface area (Å²) in [6, 6.07) is 15.9. The molecule has 2 aromatic carbocycles. The van der Waals surface area contributed by atoms with E-state index in [9.17, 15) is 4.79 Å². The van der Waals surface area contributed by atoms with E-state index in [0.29, 0.717) is 13.1 Å². The molecule has 1 fully saturated rings. The van der Waals surface area contributed by atoms with Crippen LogP contribution in [-0.2, 0) is 6.42 Å². The molecule has 120 valence electrons. The quantitative estimate of drug-likeness (QED) is 0.781. The number of benzene rings is 2. The van der Waals surface area contributed by atoms with Crippen LogP contribution in [0.5, 0.6) is 5.75 Å². The minimum atomic E-state index is 0.0908. The lowest BCUT2D eigenvalue weighted by Gasteiger charge is -2.39. The number of carbonyl (C=O) groups is 1. The Kier molecular flexibility index (Phi) is 4.91. The van der Waals surface area contributed by atoms with Crippen LogP contribution in [0.1, 0.15) is 22.8 Å². The van der Waals surface area contributed by atoms with Gasteiger partial charge in [-0.05, 0) is 36.4 Å². The van der Waals surface area contributed by atoms with Gasteiger partial charge in [-0.1, -0.05) is 37.3 Å². The average molecular weight is 327 g/mol. The Morgan fingerprint density at radius 2 is 1.87 bits per heavy atom. The summed E-state index contributed by atoms with van der Waals surface area (Å²) in [6.07, 6.45) is 3.04. The lowest BCUT2D eigenvalue weighted by atomic mass is 10.1. The Hall–Kier alpha value is -1.94. The second kappa shape index (κ2) is 7.09. The fourth-order valence-corrected chi connectivity index (χ4v) is 3.35. The van der Waals surface area contributed by atoms with Crippen molar-refractivity contribution in [2.24, 2.45) is 0 Å². The maximum atomic E-state index is 12.6. The summed E-state index contributed by atoms with van der Waals surface area (Å²) in [6.45, 7) is 3.43. The van der Waals surface area contributed by atoms with Gasteiger partial charge in [0.2, 0.25) is 0 Å². The number of aryl methyl sites for hydroxylation is 1. The van der Waals surface area contributed by atoms with Crippen LogP contribution in [0.2, 0.25) is 0 Å². The van der Waals surface area contributed by atoms with Crippen LogP contribution in [0.3, 0.4) is 0 Å². The number of likely N-dealkylation sites (tertiary alicyclic amines) is 1. The highest BCUT2D eigenvalue weighted by atomic mass is 32.2. The molecule has 0 saturated carbocycles. The number of ether oxygens (including phenoxy) is 1. The smallest absolute Gasteiger partial charge is 0.255 e. The van der Waals surface area contributed by atoms with E-state index in [2.05, 4.69) is 13.0 Å². The van der Waals surface area contributed by atoms with Gasteiger partial charge >= 0.3 is 0 Å². The van der Waals surface area contributed by atoms with Gasteiger partial charge in [0.05, 0.1) is 18.7 Å². The summed E-state index contributed by atoms with van der Waals surface area (Å²) in [7, 11) is 0. The molecule has 1 aliphatic rings. The number of carbonyl (C=O) groups excluding carboxylic acids is 1. The molecule has 0 unspecified atom stereocenters. The first-order valence-electron chi connectivity index (χ1n) is 7.89. The summed E-state index contributed by atoms with van der Waals surface area (Å²) in [5.41, 5.74) is 2.00. The van der Waals surface area contributed by atoms with Gasteiger partial charge in [0.1, 0.15) is 11.9 Å². The molecule has 1 aliphatic heterocycles. The molecule has 1 heterocycles. The van der Waals surface area contributed by atoms with Gasteiger partial charge in [0.15, 0.2) is 0 Å². The van der Waals surface area contributed by atoms with E-state index in [1.54, 1.807) is 11.8 Å². The molecule has 1 amide bonds. The van der Waals surface area contributed by atoms with Crippen LogP contribution in [0, 0.1) is 0 Å². The summed E-state index contributed by atoms with van der Waals surface area (Å²) >= 11 is 1.61. The number of hydrogen-bond donors (Lipinski definition) is 0. The van der Waals surface area contributed by atoms with E-state index in [0.717, 1.165) is 22.6 Å². The zero-order valence-electron chi connectivity index (χ0n) is 13.5. The molecular weight excluding hydrogens is 306 g/mol. The van der Waals surface area contributed by atoms with Gasteiger partial charge in [0, 0.05) is 4.90 Å². The molecule has 0 bridgehead atoms. The fourth-order valence-electron chi connectivity index (χ4n) is 2.76. The lowest BCUT2D eigenvalue weighted by molar-refractivity contribution is 0.0172. The predicted molar refractivity (Wildman–Crippen MR) is 94.4 cm³/mol. The molecule has 1 saturated heterocycles. The Labute approximate surface area is 141 Å². The van der Waals surface area contributed by atoms with Crippen LogP contribution in [-0.4, -0.2) is 36.3 Å². The van der Waals surface area contributed by atoms with Crippen molar-refractivity contribution >= 4 is 17.7 Å². The maximum absolute atomic E-state index is 12.6. The van der Waals surface area contributed by atoms with Crippen LogP contribution in [0.25, 0.3) is 0 Å². The van der Waals surface area contributed by atoms with Gasteiger partial charge in [0.25, 0.3) is 5.91 Å². The van der Waals surface area contributed by atoms with E-state index < -0.39 is 0 Å². The minimum Gasteiger partial charge on any atom is -0.486 e. The Morgan fingerprint density at radius 1 is 1.17 bits per heavy atom. The van der Waals surface area contributed by atoms with E-state index in [1.165, 1.54) is 5.56 Å². The number of para-hydroxylation sites is 1. The van der Waals surface area contributed by atoms with Crippen molar-refractivity contribution < 1.29 is 9.53 Å². The van der Waals surface area contributed by atoms with Crippen LogP contribution >= 0.6 is 11.8 Å². The van der Waals surface area contributed by atoms with Crippen molar-refractivity contribution in [3.8, 4) is 5.75 Å². The van der Waals surface area contributed by atoms with Crippen molar-refractivity contribution in [1.29, 1.82) is 0 Å². The first-order chi connectivity index (χ1) is 11.2. The van der Waals surface area contributed by atoms with E-state index in [4.69, 9.17) is 4.74 Å². The Balaban J connectivity index is 1.62. The van der Waals surface area contributed by atoms with Crippen molar-refractivity contribution in [3.63, 3.8) is 0 Å². The number of amides is 1. The Morgan fingerprint density at radius 3 is 2.61 bits per heavy atom. The normalized spacial score (nSPS) is 14.4. The molecule has 0 aliphatic carbocycles. The molecule has 0 spiro atoms. The molecule has 0 radical (unpaired) electrons. The summed E-state index contributed by atoms with van der Waals surface area (Å²) in [5.74, 6) is 1.04. The maximum Gasteiger partial charge on any atom is 0.255 e. The van der Waals surface area contributed by atoms with Gasteiger partial charge in [-0.15, -0.1) is 11.8 Å². The highest BCUT2D eigenvalue weighted by Gasteiger charge is 2.33. The highest BCUT2D eigenvalue weighted by molar-refractivity contribution is 7.98. The number of nitrogens with zero attached hydrogens (tertiary/aromatic N) is 1. The third kappa shape index (κ3) is 3.37. The van der Waals surface area contributed by atoms with Crippen molar-refractivity contribution in [3.05, 3.63) is 59.7 Å². The number of hydrogen-bond acceptors (Lipinski definition) is 3. The first-order valence-corrected chi connectivity index (χ1v) is 9.12. The van der Waals surface area contributed by atoms with E-state index in [1.807, 2.05) is 53.6 Å². The van der Waals surface area contributed by atoms with Gasteiger partial charge < -0.3 is 9.64 Å². The van der Waals surface area contributed by atoms with Gasteiger partial charge in [-0.3, -0.25) is 4.79 Å². The molecule has 4 heteroatoms. The van der Waals surface area contributed by atoms with E-state index in [-0.39, 0.29) is 12.0 Å². The van der Waals surface area contributed by atoms with Gasteiger partial charge in [-0.2, -0.15) is 0 Å². The first kappa shape index (κ1) is 15.9. The minimum absolute atomic E-state index is 0.0908. The number of rotatable bonds is 5. The van der Waals surface area contributed by atoms with Crippen molar-refractivity contribution in [1.82, 2.24) is 4.90 Å². The summed E-state index contributed by atoms with van der Waals surface area (Å²) in [5, 5.41) is 0. The predicted octanol–water partition coefficient (Wildman–Crippen LogP) is 3.87. The summed E-state index contributed by atoms with van der Waals surface area (Å²) < 4.78 is 6.05. The SMILES string of the molecule is CCc1ccccc1OC1CN(C(=O)c2ccccc2SC)C1. The van der Waals surface area contributed by atoms with E-state index >= 15 is 0 Å². The molecule has 2 aromatic rings. The topological polar surface area (TPSA) is 29.5 Å². The molecular formula is C19H21NO2S. The van der Waals surface area contributed by atoms with Crippen LogP contribution < -0.4 is 4.74 Å². The molecule has 3 nitrogen and oxygen atoms in total. The van der Waals surface area contributed by atoms with Crippen LogP contribution in [0.15, 0.2) is 53.4 Å². The van der Waals surface area contributed by atoms with Crippen molar-refractivity contribution in [2.45, 2.75) is 24.3 Å². The molecule has 23 heavy (non-hydrogen) atoms. The second-order valence-corrected chi connectivity index (χ2v) is 6.46. The standard InChI is InChI=1S/C19H21NO2S/c1-3-14-8-4-6-10-17(14)22-15-12-20(13-15)19(21)16-9-5-7-11-18(16)23-2/h4-11,15H,3,12-13H2,1-2H3. The zero-order chi connectivity index (χ0) is 16.2. The lowest BCUT2D eigenvalue weighted by Crippen LogP contribution is -2.56. The number of thioether (sulfide) groups is 1. The monoisotopic (exact) mass is 327 g/mol.